The third-order valence-corrected chi connectivity index (χ3v) is 3.91. The largest absolute Gasteiger partial charge is 0.495 e. The number of ether oxygens (including phenoxy) is 1. The molecule has 0 amide bonds. The van der Waals surface area contributed by atoms with E-state index in [2.05, 4.69) is 16.8 Å². The van der Waals surface area contributed by atoms with Gasteiger partial charge in [-0.15, -0.1) is 11.3 Å². The van der Waals surface area contributed by atoms with E-state index in [1.54, 1.807) is 18.4 Å². The average Bonchev–Trinajstić information content (AvgIpc) is 2.98. The molecule has 1 aromatic heterocycles. The molecule has 0 aliphatic carbocycles. The fourth-order valence-corrected chi connectivity index (χ4v) is 2.63. The van der Waals surface area contributed by atoms with Crippen LogP contribution < -0.4 is 10.1 Å². The second-order valence-electron chi connectivity index (χ2n) is 4.52. The molecule has 0 bridgehead atoms. The summed E-state index contributed by atoms with van der Waals surface area (Å²) in [5.41, 5.74) is 1.60. The number of Topliss-reactive ketones (excluding diaryl/α,β-unsaturated/α-hetero) is 1. The van der Waals surface area contributed by atoms with Gasteiger partial charge in [0.05, 0.1) is 12.8 Å². The van der Waals surface area contributed by atoms with E-state index in [1.807, 2.05) is 31.2 Å². The van der Waals surface area contributed by atoms with Crippen molar-refractivity contribution < 1.29 is 9.53 Å². The average molecular weight is 289 g/mol. The number of rotatable bonds is 7. The van der Waals surface area contributed by atoms with Crippen LogP contribution >= 0.6 is 11.3 Å². The Kier molecular flexibility index (Phi) is 5.18. The first-order valence-corrected chi connectivity index (χ1v) is 7.60. The van der Waals surface area contributed by atoms with Crippen molar-refractivity contribution in [2.45, 2.75) is 26.3 Å². The summed E-state index contributed by atoms with van der Waals surface area (Å²) in [5, 5.41) is 5.39. The summed E-state index contributed by atoms with van der Waals surface area (Å²) in [4.78, 5) is 13.2. The number of methoxy groups -OCH3 is 1. The number of carbonyl (C=O) groups is 1. The molecular formula is C16H19NO2S. The Morgan fingerprint density at radius 1 is 1.35 bits per heavy atom. The number of carbonyl (C=O) groups excluding carboxylic acids is 1. The number of hydrogen-bond acceptors (Lipinski definition) is 4. The standard InChI is InChI=1S/C16H19NO2S/c1-3-5-15(18)12-7-8-16(19-2)14(10-12)17-11-13-6-4-9-20-13/h4,6-10,17H,3,5,11H2,1-2H3. The lowest BCUT2D eigenvalue weighted by atomic mass is 10.1. The highest BCUT2D eigenvalue weighted by molar-refractivity contribution is 7.09. The van der Waals surface area contributed by atoms with Crippen molar-refractivity contribution in [3.63, 3.8) is 0 Å². The number of hydrogen-bond donors (Lipinski definition) is 1. The molecule has 0 saturated carbocycles. The Bertz CT molecular complexity index is 564. The zero-order valence-electron chi connectivity index (χ0n) is 11.8. The topological polar surface area (TPSA) is 38.3 Å². The molecule has 2 aromatic rings. The van der Waals surface area contributed by atoms with Crippen molar-refractivity contribution in [3.05, 3.63) is 46.2 Å². The molecule has 0 radical (unpaired) electrons. The molecule has 3 nitrogen and oxygen atoms in total. The molecule has 0 saturated heterocycles. The minimum Gasteiger partial charge on any atom is -0.495 e. The van der Waals surface area contributed by atoms with Crippen LogP contribution in [0.25, 0.3) is 0 Å². The number of thiophene rings is 1. The molecule has 0 atom stereocenters. The van der Waals surface area contributed by atoms with Crippen molar-refractivity contribution in [1.82, 2.24) is 0 Å². The third kappa shape index (κ3) is 3.61. The number of anilines is 1. The van der Waals surface area contributed by atoms with E-state index in [0.717, 1.165) is 30.0 Å². The van der Waals surface area contributed by atoms with Crippen LogP contribution in [0.1, 0.15) is 35.0 Å². The highest BCUT2D eigenvalue weighted by Gasteiger charge is 2.09. The van der Waals surface area contributed by atoms with Crippen molar-refractivity contribution in [1.29, 1.82) is 0 Å². The van der Waals surface area contributed by atoms with Crippen LogP contribution in [0, 0.1) is 0 Å². The lowest BCUT2D eigenvalue weighted by Crippen LogP contribution is -2.03. The van der Waals surface area contributed by atoms with E-state index < -0.39 is 0 Å². The molecule has 0 fully saturated rings. The maximum absolute atomic E-state index is 12.0. The number of benzene rings is 1. The Labute approximate surface area is 123 Å². The first kappa shape index (κ1) is 14.6. The molecule has 1 aromatic carbocycles. The summed E-state index contributed by atoms with van der Waals surface area (Å²) in [7, 11) is 1.64. The Balaban J connectivity index is 2.15. The molecule has 1 heterocycles. The zero-order chi connectivity index (χ0) is 14.4. The van der Waals surface area contributed by atoms with E-state index in [-0.39, 0.29) is 5.78 Å². The van der Waals surface area contributed by atoms with Crippen LogP contribution in [0.5, 0.6) is 5.75 Å². The molecule has 1 N–H and O–H groups in total. The van der Waals surface area contributed by atoms with Crippen LogP contribution in [0.3, 0.4) is 0 Å². The second kappa shape index (κ2) is 7.10. The molecule has 0 spiro atoms. The Morgan fingerprint density at radius 3 is 2.85 bits per heavy atom. The number of ketones is 1. The van der Waals surface area contributed by atoms with E-state index >= 15 is 0 Å². The predicted octanol–water partition coefficient (Wildman–Crippen LogP) is 4.35. The van der Waals surface area contributed by atoms with Gasteiger partial charge in [-0.1, -0.05) is 13.0 Å². The lowest BCUT2D eigenvalue weighted by Gasteiger charge is -2.12. The van der Waals surface area contributed by atoms with E-state index in [0.29, 0.717) is 6.42 Å². The molecule has 0 aliphatic heterocycles. The van der Waals surface area contributed by atoms with Gasteiger partial charge in [-0.2, -0.15) is 0 Å². The van der Waals surface area contributed by atoms with E-state index in [1.165, 1.54) is 4.88 Å². The van der Waals surface area contributed by atoms with Gasteiger partial charge < -0.3 is 10.1 Å². The first-order valence-electron chi connectivity index (χ1n) is 6.72. The minimum atomic E-state index is 0.175. The molecule has 106 valence electrons. The summed E-state index contributed by atoms with van der Waals surface area (Å²) >= 11 is 1.70. The van der Waals surface area contributed by atoms with Crippen LogP contribution in [-0.4, -0.2) is 12.9 Å². The van der Waals surface area contributed by atoms with Crippen molar-refractivity contribution in [3.8, 4) is 5.75 Å². The molecule has 0 aliphatic rings. The fraction of sp³-hybridized carbons (Fsp3) is 0.312. The molecule has 0 unspecified atom stereocenters. The minimum absolute atomic E-state index is 0.175. The Morgan fingerprint density at radius 2 is 2.20 bits per heavy atom. The van der Waals surface area contributed by atoms with Gasteiger partial charge >= 0.3 is 0 Å². The van der Waals surface area contributed by atoms with Gasteiger partial charge in [0, 0.05) is 23.4 Å². The van der Waals surface area contributed by atoms with Crippen molar-refractivity contribution in [2.75, 3.05) is 12.4 Å². The maximum atomic E-state index is 12.0. The summed E-state index contributed by atoms with van der Waals surface area (Å²) in [6, 6.07) is 9.66. The van der Waals surface area contributed by atoms with Gasteiger partial charge in [0.1, 0.15) is 5.75 Å². The molecule has 2 rings (SSSR count). The highest BCUT2D eigenvalue weighted by atomic mass is 32.1. The molecular weight excluding hydrogens is 270 g/mol. The first-order chi connectivity index (χ1) is 9.74. The van der Waals surface area contributed by atoms with Gasteiger partial charge in [0.25, 0.3) is 0 Å². The van der Waals surface area contributed by atoms with E-state index in [9.17, 15) is 4.79 Å². The van der Waals surface area contributed by atoms with Crippen molar-refractivity contribution in [2.24, 2.45) is 0 Å². The lowest BCUT2D eigenvalue weighted by molar-refractivity contribution is 0.0982. The zero-order valence-corrected chi connectivity index (χ0v) is 12.6. The van der Waals surface area contributed by atoms with Gasteiger partial charge in [0.15, 0.2) is 5.78 Å². The van der Waals surface area contributed by atoms with E-state index in [4.69, 9.17) is 4.74 Å². The smallest absolute Gasteiger partial charge is 0.162 e. The third-order valence-electron chi connectivity index (χ3n) is 3.03. The van der Waals surface area contributed by atoms with Crippen LogP contribution in [-0.2, 0) is 6.54 Å². The van der Waals surface area contributed by atoms with Gasteiger partial charge in [-0.3, -0.25) is 4.79 Å². The van der Waals surface area contributed by atoms with Crippen molar-refractivity contribution >= 4 is 22.8 Å². The predicted molar refractivity (Wildman–Crippen MR) is 83.9 cm³/mol. The van der Waals surface area contributed by atoms with Gasteiger partial charge in [-0.05, 0) is 36.1 Å². The monoisotopic (exact) mass is 289 g/mol. The van der Waals surface area contributed by atoms with Gasteiger partial charge in [-0.25, -0.2) is 0 Å². The van der Waals surface area contributed by atoms with Crippen LogP contribution in [0.4, 0.5) is 5.69 Å². The Hall–Kier alpha value is -1.81. The number of nitrogens with one attached hydrogen (secondary N) is 1. The summed E-state index contributed by atoms with van der Waals surface area (Å²) in [6.45, 7) is 2.75. The van der Waals surface area contributed by atoms with Crippen LogP contribution in [0.15, 0.2) is 35.7 Å². The van der Waals surface area contributed by atoms with Crippen LogP contribution in [0.2, 0.25) is 0 Å². The summed E-state index contributed by atoms with van der Waals surface area (Å²) < 4.78 is 5.34. The summed E-state index contributed by atoms with van der Waals surface area (Å²) in [5.74, 6) is 0.934. The molecule has 20 heavy (non-hydrogen) atoms. The fourth-order valence-electron chi connectivity index (χ4n) is 1.99. The SMILES string of the molecule is CCCC(=O)c1ccc(OC)c(NCc2cccs2)c1. The second-order valence-corrected chi connectivity index (χ2v) is 5.55. The highest BCUT2D eigenvalue weighted by Crippen LogP contribution is 2.27. The van der Waals surface area contributed by atoms with Gasteiger partial charge in [0.2, 0.25) is 0 Å². The summed E-state index contributed by atoms with van der Waals surface area (Å²) in [6.07, 6.45) is 1.44. The quantitative estimate of drug-likeness (QED) is 0.770. The maximum Gasteiger partial charge on any atom is 0.162 e. The normalized spacial score (nSPS) is 10.3. The molecule has 4 heteroatoms.